The van der Waals surface area contributed by atoms with Gasteiger partial charge >= 0.3 is 0 Å². The van der Waals surface area contributed by atoms with Crippen LogP contribution in [0, 0.1) is 12.8 Å². The van der Waals surface area contributed by atoms with Gasteiger partial charge in [-0.1, -0.05) is 13.3 Å². The first-order valence-corrected chi connectivity index (χ1v) is 6.62. The van der Waals surface area contributed by atoms with E-state index in [0.29, 0.717) is 0 Å². The van der Waals surface area contributed by atoms with Gasteiger partial charge in [-0.05, 0) is 32.1 Å². The molecule has 2 nitrogen and oxygen atoms in total. The molecule has 15 heavy (non-hydrogen) atoms. The Kier molecular flexibility index (Phi) is 2.09. The van der Waals surface area contributed by atoms with Gasteiger partial charge in [0.25, 0.3) is 0 Å². The van der Waals surface area contributed by atoms with Crippen LogP contribution in [-0.2, 0) is 12.8 Å². The molecule has 3 rings (SSSR count). The van der Waals surface area contributed by atoms with Gasteiger partial charge in [-0.25, -0.2) is 4.98 Å². The second-order valence-corrected chi connectivity index (χ2v) is 5.35. The second kappa shape index (κ2) is 3.34. The highest BCUT2D eigenvalue weighted by Gasteiger charge is 2.23. The van der Waals surface area contributed by atoms with Gasteiger partial charge in [0, 0.05) is 16.8 Å². The summed E-state index contributed by atoms with van der Waals surface area (Å²) in [7, 11) is 0. The van der Waals surface area contributed by atoms with Crippen LogP contribution in [0.2, 0.25) is 0 Å². The lowest BCUT2D eigenvalue weighted by atomic mass is 9.88. The first-order chi connectivity index (χ1) is 7.29. The van der Waals surface area contributed by atoms with E-state index in [2.05, 4.69) is 23.6 Å². The molecular weight excluding hydrogens is 204 g/mol. The van der Waals surface area contributed by atoms with Crippen molar-refractivity contribution in [1.82, 2.24) is 9.38 Å². The summed E-state index contributed by atoms with van der Waals surface area (Å²) in [5, 5.41) is 2.21. The molecule has 80 valence electrons. The zero-order valence-electron chi connectivity index (χ0n) is 9.29. The molecule has 0 amide bonds. The average molecular weight is 220 g/mol. The summed E-state index contributed by atoms with van der Waals surface area (Å²) in [4.78, 5) is 5.91. The number of hydrogen-bond acceptors (Lipinski definition) is 2. The Labute approximate surface area is 94.0 Å². The van der Waals surface area contributed by atoms with Crippen LogP contribution in [0.5, 0.6) is 0 Å². The first kappa shape index (κ1) is 9.40. The number of fused-ring (bicyclic) bond motifs is 3. The number of thiazole rings is 1. The molecule has 0 N–H and O–H groups in total. The zero-order valence-corrected chi connectivity index (χ0v) is 10.1. The molecule has 1 aliphatic carbocycles. The average Bonchev–Trinajstić information content (AvgIpc) is 2.78. The summed E-state index contributed by atoms with van der Waals surface area (Å²) >= 11 is 1.77. The molecule has 3 heteroatoms. The number of aromatic nitrogens is 2. The van der Waals surface area contributed by atoms with Crippen LogP contribution in [0.25, 0.3) is 4.96 Å². The maximum Gasteiger partial charge on any atom is 0.194 e. The summed E-state index contributed by atoms with van der Waals surface area (Å²) < 4.78 is 2.36. The summed E-state index contributed by atoms with van der Waals surface area (Å²) in [5.41, 5.74) is 4.19. The van der Waals surface area contributed by atoms with Crippen LogP contribution in [0.4, 0.5) is 0 Å². The Bertz CT molecular complexity index is 495. The number of aryl methyl sites for hydroxylation is 2. The molecule has 0 saturated heterocycles. The third-order valence-corrected chi connectivity index (χ3v) is 4.50. The highest BCUT2D eigenvalue weighted by molar-refractivity contribution is 7.15. The predicted molar refractivity (Wildman–Crippen MR) is 63.6 cm³/mol. The summed E-state index contributed by atoms with van der Waals surface area (Å²) in [6.45, 7) is 4.48. The van der Waals surface area contributed by atoms with E-state index in [-0.39, 0.29) is 0 Å². The van der Waals surface area contributed by atoms with Crippen molar-refractivity contribution in [3.8, 4) is 0 Å². The maximum atomic E-state index is 4.72. The zero-order chi connectivity index (χ0) is 10.4. The van der Waals surface area contributed by atoms with E-state index in [1.165, 1.54) is 47.7 Å². The SMILES string of the molecule is CCC1CCc2nc3scc(C)n3c2C1. The molecule has 1 aliphatic rings. The van der Waals surface area contributed by atoms with E-state index in [4.69, 9.17) is 4.98 Å². The Morgan fingerprint density at radius 2 is 2.47 bits per heavy atom. The number of nitrogens with zero attached hydrogens (tertiary/aromatic N) is 2. The normalized spacial score (nSPS) is 20.8. The van der Waals surface area contributed by atoms with Crippen LogP contribution in [0.3, 0.4) is 0 Å². The fraction of sp³-hybridized carbons (Fsp3) is 0.583. The topological polar surface area (TPSA) is 17.3 Å². The van der Waals surface area contributed by atoms with Crippen LogP contribution < -0.4 is 0 Å². The Morgan fingerprint density at radius 1 is 1.60 bits per heavy atom. The Morgan fingerprint density at radius 3 is 3.27 bits per heavy atom. The Hall–Kier alpha value is -0.830. The lowest BCUT2D eigenvalue weighted by molar-refractivity contribution is 0.435. The van der Waals surface area contributed by atoms with Gasteiger partial charge in [0.1, 0.15) is 0 Å². The van der Waals surface area contributed by atoms with Crippen molar-refractivity contribution >= 4 is 16.3 Å². The van der Waals surface area contributed by atoms with E-state index in [9.17, 15) is 0 Å². The smallest absolute Gasteiger partial charge is 0.194 e. The molecule has 0 spiro atoms. The quantitative estimate of drug-likeness (QED) is 0.721. The van der Waals surface area contributed by atoms with Gasteiger partial charge in [-0.3, -0.25) is 4.40 Å². The minimum absolute atomic E-state index is 0.872. The third-order valence-electron chi connectivity index (χ3n) is 3.56. The fourth-order valence-corrected chi connectivity index (χ4v) is 3.49. The van der Waals surface area contributed by atoms with Gasteiger partial charge in [0.15, 0.2) is 4.96 Å². The third kappa shape index (κ3) is 1.33. The van der Waals surface area contributed by atoms with Crippen molar-refractivity contribution in [1.29, 1.82) is 0 Å². The van der Waals surface area contributed by atoms with E-state index >= 15 is 0 Å². The van der Waals surface area contributed by atoms with Crippen LogP contribution in [0.15, 0.2) is 5.38 Å². The highest BCUT2D eigenvalue weighted by Crippen LogP contribution is 2.30. The first-order valence-electron chi connectivity index (χ1n) is 5.74. The van der Waals surface area contributed by atoms with E-state index < -0.39 is 0 Å². The van der Waals surface area contributed by atoms with Gasteiger partial charge in [0.05, 0.1) is 5.69 Å². The predicted octanol–water partition coefficient (Wildman–Crippen LogP) is 3.22. The molecule has 0 radical (unpaired) electrons. The summed E-state index contributed by atoms with van der Waals surface area (Å²) in [5.74, 6) is 0.872. The number of hydrogen-bond donors (Lipinski definition) is 0. The number of imidazole rings is 1. The van der Waals surface area contributed by atoms with Crippen molar-refractivity contribution in [3.63, 3.8) is 0 Å². The second-order valence-electron chi connectivity index (χ2n) is 4.52. The standard InChI is InChI=1S/C12H16N2S/c1-3-9-4-5-10-11(6-9)14-8(2)7-15-12(14)13-10/h7,9H,3-6H2,1-2H3. The molecule has 1 unspecified atom stereocenters. The molecule has 0 saturated carbocycles. The van der Waals surface area contributed by atoms with Gasteiger partial charge in [-0.2, -0.15) is 0 Å². The van der Waals surface area contributed by atoms with E-state index in [1.807, 2.05) is 0 Å². The molecule has 0 aromatic carbocycles. The molecule has 2 aromatic rings. The summed E-state index contributed by atoms with van der Waals surface area (Å²) in [6, 6.07) is 0. The van der Waals surface area contributed by atoms with Crippen LogP contribution >= 0.6 is 11.3 Å². The van der Waals surface area contributed by atoms with Gasteiger partial charge in [-0.15, -0.1) is 11.3 Å². The highest BCUT2D eigenvalue weighted by atomic mass is 32.1. The Balaban J connectivity index is 2.16. The molecule has 2 aromatic heterocycles. The largest absolute Gasteiger partial charge is 0.292 e. The molecule has 0 bridgehead atoms. The van der Waals surface area contributed by atoms with Crippen LogP contribution in [-0.4, -0.2) is 9.38 Å². The van der Waals surface area contributed by atoms with Crippen molar-refractivity contribution < 1.29 is 0 Å². The van der Waals surface area contributed by atoms with Gasteiger partial charge in [0.2, 0.25) is 0 Å². The molecule has 1 atom stereocenters. The molecule has 2 heterocycles. The van der Waals surface area contributed by atoms with Crippen LogP contribution in [0.1, 0.15) is 36.8 Å². The lowest BCUT2D eigenvalue weighted by Crippen LogP contribution is -2.14. The minimum Gasteiger partial charge on any atom is -0.292 e. The summed E-state index contributed by atoms with van der Waals surface area (Å²) in [6.07, 6.45) is 5.04. The number of rotatable bonds is 1. The fourth-order valence-electron chi connectivity index (χ4n) is 2.58. The van der Waals surface area contributed by atoms with Crippen molar-refractivity contribution in [2.75, 3.05) is 0 Å². The van der Waals surface area contributed by atoms with E-state index in [1.54, 1.807) is 11.3 Å². The lowest BCUT2D eigenvalue weighted by Gasteiger charge is -2.20. The van der Waals surface area contributed by atoms with Crippen molar-refractivity contribution in [2.45, 2.75) is 39.5 Å². The molecular formula is C12H16N2S. The molecule has 0 aliphatic heterocycles. The van der Waals surface area contributed by atoms with E-state index in [0.717, 1.165) is 5.92 Å². The maximum absolute atomic E-state index is 4.72. The molecule has 0 fully saturated rings. The van der Waals surface area contributed by atoms with Gasteiger partial charge < -0.3 is 0 Å². The van der Waals surface area contributed by atoms with Crippen molar-refractivity contribution in [2.24, 2.45) is 5.92 Å². The van der Waals surface area contributed by atoms with Crippen molar-refractivity contribution in [3.05, 3.63) is 22.5 Å². The monoisotopic (exact) mass is 220 g/mol. The minimum atomic E-state index is 0.872.